The van der Waals surface area contributed by atoms with Gasteiger partial charge in [-0.3, -0.25) is 0 Å². The zero-order chi connectivity index (χ0) is 24.7. The van der Waals surface area contributed by atoms with Gasteiger partial charge in [0.15, 0.2) is 0 Å². The van der Waals surface area contributed by atoms with E-state index in [0.29, 0.717) is 0 Å². The van der Waals surface area contributed by atoms with Gasteiger partial charge in [-0.05, 0) is 86.5 Å². The highest BCUT2D eigenvalue weighted by molar-refractivity contribution is 5.86. The van der Waals surface area contributed by atoms with E-state index < -0.39 is 0 Å². The van der Waals surface area contributed by atoms with Crippen LogP contribution >= 0.6 is 0 Å². The summed E-state index contributed by atoms with van der Waals surface area (Å²) in [6.45, 7) is 6.19. The Bertz CT molecular complexity index is 1240. The minimum Gasteiger partial charge on any atom is -0.305 e. The van der Waals surface area contributed by atoms with Gasteiger partial charge in [-0.15, -0.1) is 0 Å². The molecule has 0 spiro atoms. The number of hydrogen-bond donors (Lipinski definition) is 0. The van der Waals surface area contributed by atoms with Crippen LogP contribution in [0.3, 0.4) is 0 Å². The summed E-state index contributed by atoms with van der Waals surface area (Å²) in [4.78, 5) is 4.50. The summed E-state index contributed by atoms with van der Waals surface area (Å²) in [5, 5.41) is 0. The Morgan fingerprint density at radius 3 is 1.23 bits per heavy atom. The third-order valence-electron chi connectivity index (χ3n) is 7.23. The molecule has 5 rings (SSSR count). The first kappa shape index (κ1) is 23.5. The largest absolute Gasteiger partial charge is 0.305 e. The van der Waals surface area contributed by atoms with Crippen molar-refractivity contribution < 1.29 is 0 Å². The van der Waals surface area contributed by atoms with E-state index in [2.05, 4.69) is 137 Å². The Morgan fingerprint density at radius 1 is 0.514 bits per heavy atom. The minimum atomic E-state index is -0.350. The molecule has 0 saturated heterocycles. The second-order valence-electron chi connectivity index (χ2n) is 10.7. The molecule has 0 N–H and O–H groups in total. The Kier molecular flexibility index (Phi) is 6.13. The van der Waals surface area contributed by atoms with Crippen LogP contribution in [-0.4, -0.2) is 38.0 Å². The molecule has 4 aromatic rings. The van der Waals surface area contributed by atoms with Crippen molar-refractivity contribution in [2.24, 2.45) is 0 Å². The highest BCUT2D eigenvalue weighted by Crippen LogP contribution is 2.56. The lowest BCUT2D eigenvalue weighted by Crippen LogP contribution is -2.29. The Labute approximate surface area is 210 Å². The van der Waals surface area contributed by atoms with E-state index in [1.54, 1.807) is 0 Å². The van der Waals surface area contributed by atoms with Crippen molar-refractivity contribution in [1.29, 1.82) is 0 Å². The van der Waals surface area contributed by atoms with E-state index >= 15 is 0 Å². The van der Waals surface area contributed by atoms with Crippen molar-refractivity contribution in [3.63, 3.8) is 0 Å². The summed E-state index contributed by atoms with van der Waals surface area (Å²) in [5.74, 6) is 0. The lowest BCUT2D eigenvalue weighted by Gasteiger charge is -2.34. The summed E-state index contributed by atoms with van der Waals surface area (Å²) in [6, 6.07) is 32.6. The highest BCUT2D eigenvalue weighted by Gasteiger charge is 2.46. The molecule has 0 bridgehead atoms. The molecular weight excluding hydrogens is 424 g/mol. The summed E-state index contributed by atoms with van der Waals surface area (Å²) >= 11 is 0. The van der Waals surface area contributed by atoms with Crippen LogP contribution in [0.4, 0.5) is 0 Å². The normalized spacial score (nSPS) is 13.8. The Balaban J connectivity index is 1.88. The second kappa shape index (κ2) is 9.11. The Hall–Kier alpha value is -3.20. The van der Waals surface area contributed by atoms with E-state index in [4.69, 9.17) is 0 Å². The number of fused-ring (bicyclic) bond motifs is 3. The average molecular weight is 461 g/mol. The number of aryl methyl sites for hydroxylation is 2. The number of rotatable bonds is 6. The van der Waals surface area contributed by atoms with Crippen LogP contribution in [0, 0.1) is 13.8 Å². The maximum Gasteiger partial charge on any atom is 0.0713 e. The van der Waals surface area contributed by atoms with Crippen molar-refractivity contribution in [2.75, 3.05) is 28.2 Å². The number of benzene rings is 4. The fourth-order valence-electron chi connectivity index (χ4n) is 5.74. The van der Waals surface area contributed by atoms with Crippen molar-refractivity contribution in [1.82, 2.24) is 9.80 Å². The van der Waals surface area contributed by atoms with Crippen molar-refractivity contribution in [2.45, 2.75) is 32.4 Å². The van der Waals surface area contributed by atoms with Gasteiger partial charge in [-0.25, -0.2) is 0 Å². The zero-order valence-electron chi connectivity index (χ0n) is 21.9. The highest BCUT2D eigenvalue weighted by atomic mass is 15.1. The molecule has 2 nitrogen and oxygen atoms in total. The van der Waals surface area contributed by atoms with Crippen molar-refractivity contribution >= 4 is 0 Å². The minimum absolute atomic E-state index is 0.350. The predicted molar refractivity (Wildman–Crippen MR) is 148 cm³/mol. The Morgan fingerprint density at radius 2 is 0.886 bits per heavy atom. The van der Waals surface area contributed by atoms with Crippen LogP contribution in [0.2, 0.25) is 0 Å². The van der Waals surface area contributed by atoms with E-state index in [0.717, 1.165) is 13.1 Å². The lowest BCUT2D eigenvalue weighted by molar-refractivity contribution is 0.402. The maximum atomic E-state index is 2.46. The van der Waals surface area contributed by atoms with Gasteiger partial charge < -0.3 is 9.80 Å². The summed E-state index contributed by atoms with van der Waals surface area (Å²) in [6.07, 6.45) is 0. The molecule has 0 saturated carbocycles. The molecule has 0 heterocycles. The van der Waals surface area contributed by atoms with E-state index in [1.807, 2.05) is 0 Å². The summed E-state index contributed by atoms with van der Waals surface area (Å²) in [5.41, 5.74) is 13.0. The molecule has 2 heteroatoms. The van der Waals surface area contributed by atoms with Gasteiger partial charge in [-0.1, -0.05) is 96.1 Å². The molecular formula is C33H36N2. The van der Waals surface area contributed by atoms with Gasteiger partial charge in [0.25, 0.3) is 0 Å². The maximum absolute atomic E-state index is 2.46. The third-order valence-corrected chi connectivity index (χ3v) is 7.23. The van der Waals surface area contributed by atoms with Crippen molar-refractivity contribution in [3.8, 4) is 11.1 Å². The molecule has 35 heavy (non-hydrogen) atoms. The first-order valence-corrected chi connectivity index (χ1v) is 12.5. The fourth-order valence-corrected chi connectivity index (χ4v) is 5.74. The molecule has 0 atom stereocenters. The van der Waals surface area contributed by atoms with Crippen LogP contribution < -0.4 is 0 Å². The van der Waals surface area contributed by atoms with Crippen molar-refractivity contribution in [3.05, 3.63) is 129 Å². The standard InChI is InChI=1S/C33H36N2/c1-23-7-13-27(14-8-23)33(28-15-9-24(2)10-16-28)31-19-25(21-34(3)4)11-17-29(31)30-18-12-26(20-32(30)33)22-35(5)6/h7-20H,21-22H2,1-6H3. The van der Waals surface area contributed by atoms with Crippen LogP contribution in [-0.2, 0) is 18.5 Å². The molecule has 0 fully saturated rings. The van der Waals surface area contributed by atoms with Crippen LogP contribution in [0.5, 0.6) is 0 Å². The smallest absolute Gasteiger partial charge is 0.0713 e. The number of nitrogens with zero attached hydrogens (tertiary/aromatic N) is 2. The molecule has 1 aliphatic rings. The van der Waals surface area contributed by atoms with Crippen LogP contribution in [0.25, 0.3) is 11.1 Å². The quantitative estimate of drug-likeness (QED) is 0.275. The molecule has 0 unspecified atom stereocenters. The van der Waals surface area contributed by atoms with Gasteiger partial charge in [0.05, 0.1) is 5.41 Å². The number of hydrogen-bond acceptors (Lipinski definition) is 2. The molecule has 0 amide bonds. The van der Waals surface area contributed by atoms with E-state index in [-0.39, 0.29) is 5.41 Å². The van der Waals surface area contributed by atoms with Crippen LogP contribution in [0.1, 0.15) is 44.5 Å². The third kappa shape index (κ3) is 4.11. The lowest BCUT2D eigenvalue weighted by atomic mass is 9.67. The monoisotopic (exact) mass is 460 g/mol. The van der Waals surface area contributed by atoms with Crippen LogP contribution in [0.15, 0.2) is 84.9 Å². The molecule has 0 aromatic heterocycles. The molecule has 178 valence electrons. The summed E-state index contributed by atoms with van der Waals surface area (Å²) in [7, 11) is 8.57. The molecule has 1 aliphatic carbocycles. The molecule has 0 radical (unpaired) electrons. The van der Waals surface area contributed by atoms with Gasteiger partial charge in [-0.2, -0.15) is 0 Å². The first-order valence-electron chi connectivity index (χ1n) is 12.5. The SMILES string of the molecule is Cc1ccc(C2(c3ccc(C)cc3)c3cc(CN(C)C)ccc3-c3ccc(CN(C)C)cc32)cc1. The molecule has 4 aromatic carbocycles. The fraction of sp³-hybridized carbons (Fsp3) is 0.273. The van der Waals surface area contributed by atoms with Gasteiger partial charge in [0.2, 0.25) is 0 Å². The second-order valence-corrected chi connectivity index (χ2v) is 10.7. The first-order chi connectivity index (χ1) is 16.8. The van der Waals surface area contributed by atoms with Gasteiger partial charge in [0.1, 0.15) is 0 Å². The van der Waals surface area contributed by atoms with Gasteiger partial charge in [0, 0.05) is 13.1 Å². The zero-order valence-corrected chi connectivity index (χ0v) is 21.9. The molecule has 0 aliphatic heterocycles. The van der Waals surface area contributed by atoms with Gasteiger partial charge >= 0.3 is 0 Å². The van der Waals surface area contributed by atoms with E-state index in [1.165, 1.54) is 55.6 Å². The average Bonchev–Trinajstić information content (AvgIpc) is 3.09. The van der Waals surface area contributed by atoms with E-state index in [9.17, 15) is 0 Å². The topological polar surface area (TPSA) is 6.48 Å². The summed E-state index contributed by atoms with van der Waals surface area (Å²) < 4.78 is 0. The predicted octanol–water partition coefficient (Wildman–Crippen LogP) is 6.79.